The molecule has 0 heterocycles. The lowest BCUT2D eigenvalue weighted by Gasteiger charge is -2.34. The quantitative estimate of drug-likeness (QED) is 0.665. The van der Waals surface area contributed by atoms with Crippen molar-refractivity contribution in [2.45, 2.75) is 17.7 Å². The Kier molecular flexibility index (Phi) is 3.80. The van der Waals surface area contributed by atoms with E-state index in [0.29, 0.717) is 17.3 Å². The van der Waals surface area contributed by atoms with Gasteiger partial charge in [0, 0.05) is 18.4 Å². The number of para-hydroxylation sites is 1. The summed E-state index contributed by atoms with van der Waals surface area (Å²) in [7, 11) is 1.72. The highest BCUT2D eigenvalue weighted by atomic mass is 79.9. The average Bonchev–Trinajstić information content (AvgIpc) is 2.30. The molecule has 0 saturated heterocycles. The minimum atomic E-state index is -0.346. The zero-order valence-electron chi connectivity index (χ0n) is 10.1. The average molecular weight is 314 g/mol. The molecule has 1 saturated carbocycles. The first-order valence-corrected chi connectivity index (χ1v) is 6.81. The summed E-state index contributed by atoms with van der Waals surface area (Å²) in [6.07, 6.45) is 2.15. The molecule has 0 aromatic heterocycles. The van der Waals surface area contributed by atoms with Gasteiger partial charge in [0.2, 0.25) is 0 Å². The molecule has 0 bridgehead atoms. The highest BCUT2D eigenvalue weighted by molar-refractivity contribution is 9.09. The molecule has 1 aliphatic carbocycles. The molecule has 5 heteroatoms. The van der Waals surface area contributed by atoms with Gasteiger partial charge in [0.25, 0.3) is 5.91 Å². The summed E-state index contributed by atoms with van der Waals surface area (Å²) in [6.45, 7) is 0.677. The number of aromatic hydroxyl groups is 2. The first kappa shape index (κ1) is 13.2. The molecule has 18 heavy (non-hydrogen) atoms. The number of nitrogens with zero attached hydrogens (tertiary/aromatic N) is 1. The molecule has 1 aromatic rings. The fourth-order valence-electron chi connectivity index (χ4n) is 2.18. The van der Waals surface area contributed by atoms with Gasteiger partial charge in [0.1, 0.15) is 0 Å². The van der Waals surface area contributed by atoms with Crippen LogP contribution in [0.25, 0.3) is 0 Å². The molecule has 2 N–H and O–H groups in total. The van der Waals surface area contributed by atoms with Crippen molar-refractivity contribution in [2.75, 3.05) is 13.6 Å². The van der Waals surface area contributed by atoms with Crippen LogP contribution in [0, 0.1) is 5.92 Å². The number of rotatable bonds is 3. The molecule has 1 amide bonds. The van der Waals surface area contributed by atoms with Crippen LogP contribution in [0.5, 0.6) is 11.5 Å². The van der Waals surface area contributed by atoms with Gasteiger partial charge in [-0.1, -0.05) is 22.0 Å². The van der Waals surface area contributed by atoms with E-state index >= 15 is 0 Å². The molecule has 98 valence electrons. The molecule has 0 spiro atoms. The third-order valence-electron chi connectivity index (χ3n) is 3.30. The summed E-state index contributed by atoms with van der Waals surface area (Å²) in [5.74, 6) is -0.357. The Hall–Kier alpha value is -1.23. The van der Waals surface area contributed by atoms with Crippen molar-refractivity contribution >= 4 is 21.8 Å². The predicted octanol–water partition coefficient (Wildman–Crippen LogP) is 2.34. The van der Waals surface area contributed by atoms with E-state index in [9.17, 15) is 15.0 Å². The van der Waals surface area contributed by atoms with E-state index in [2.05, 4.69) is 15.9 Å². The lowest BCUT2D eigenvalue weighted by atomic mass is 9.85. The van der Waals surface area contributed by atoms with Gasteiger partial charge in [-0.2, -0.15) is 0 Å². The number of phenolic OH excluding ortho intramolecular Hbond substituents is 2. The van der Waals surface area contributed by atoms with E-state index in [1.165, 1.54) is 12.1 Å². The molecular formula is C13H16BrNO3. The number of benzene rings is 1. The van der Waals surface area contributed by atoms with E-state index in [1.807, 2.05) is 0 Å². The summed E-state index contributed by atoms with van der Waals surface area (Å²) in [5, 5.41) is 19.0. The van der Waals surface area contributed by atoms with Crippen LogP contribution in [0.4, 0.5) is 0 Å². The molecule has 0 aliphatic heterocycles. The van der Waals surface area contributed by atoms with Crippen molar-refractivity contribution in [3.8, 4) is 11.5 Å². The number of carbonyl (C=O) groups excluding carboxylic acids is 1. The molecule has 0 atom stereocenters. The van der Waals surface area contributed by atoms with Crippen LogP contribution in [0.2, 0.25) is 0 Å². The van der Waals surface area contributed by atoms with E-state index < -0.39 is 0 Å². The molecule has 1 fully saturated rings. The van der Waals surface area contributed by atoms with Gasteiger partial charge < -0.3 is 15.1 Å². The summed E-state index contributed by atoms with van der Waals surface area (Å²) >= 11 is 3.52. The third-order valence-corrected chi connectivity index (χ3v) is 4.05. The number of amides is 1. The van der Waals surface area contributed by atoms with Crippen molar-refractivity contribution in [1.82, 2.24) is 4.90 Å². The third kappa shape index (κ3) is 2.61. The van der Waals surface area contributed by atoms with Gasteiger partial charge in [-0.25, -0.2) is 0 Å². The number of phenols is 2. The molecule has 0 unspecified atom stereocenters. The van der Waals surface area contributed by atoms with Gasteiger partial charge in [-0.05, 0) is 30.9 Å². The Labute approximate surface area is 114 Å². The maximum absolute atomic E-state index is 12.1. The van der Waals surface area contributed by atoms with Crippen molar-refractivity contribution < 1.29 is 15.0 Å². The topological polar surface area (TPSA) is 60.8 Å². The van der Waals surface area contributed by atoms with Crippen molar-refractivity contribution in [3.63, 3.8) is 0 Å². The van der Waals surface area contributed by atoms with Gasteiger partial charge in [0.05, 0.1) is 5.56 Å². The predicted molar refractivity (Wildman–Crippen MR) is 72.2 cm³/mol. The minimum Gasteiger partial charge on any atom is -0.504 e. The van der Waals surface area contributed by atoms with Crippen LogP contribution in [-0.2, 0) is 0 Å². The second-order valence-corrected chi connectivity index (χ2v) is 6.09. The number of hydrogen-bond acceptors (Lipinski definition) is 3. The molecular weight excluding hydrogens is 298 g/mol. The molecule has 2 rings (SSSR count). The molecule has 1 aliphatic rings. The maximum atomic E-state index is 12.1. The lowest BCUT2D eigenvalue weighted by Crippen LogP contribution is -2.37. The van der Waals surface area contributed by atoms with E-state index in [-0.39, 0.29) is 23.0 Å². The van der Waals surface area contributed by atoms with Crippen LogP contribution in [0.1, 0.15) is 23.2 Å². The zero-order chi connectivity index (χ0) is 13.3. The number of alkyl halides is 1. The van der Waals surface area contributed by atoms with E-state index in [4.69, 9.17) is 0 Å². The summed E-state index contributed by atoms with van der Waals surface area (Å²) in [4.78, 5) is 14.3. The normalized spacial score (nSPS) is 22.3. The van der Waals surface area contributed by atoms with Gasteiger partial charge in [-0.15, -0.1) is 0 Å². The number of carbonyl (C=O) groups is 1. The second kappa shape index (κ2) is 5.18. The van der Waals surface area contributed by atoms with E-state index in [1.54, 1.807) is 18.0 Å². The zero-order valence-corrected chi connectivity index (χ0v) is 11.7. The Bertz CT molecular complexity index is 458. The number of halogens is 1. The Morgan fingerprint density at radius 3 is 2.72 bits per heavy atom. The largest absolute Gasteiger partial charge is 0.504 e. The SMILES string of the molecule is CN(CC1CC(Br)C1)C(=O)c1cccc(O)c1O. The Morgan fingerprint density at radius 1 is 1.44 bits per heavy atom. The van der Waals surface area contributed by atoms with Crippen molar-refractivity contribution in [3.05, 3.63) is 23.8 Å². The van der Waals surface area contributed by atoms with E-state index in [0.717, 1.165) is 12.8 Å². The van der Waals surface area contributed by atoms with Gasteiger partial charge >= 0.3 is 0 Å². The van der Waals surface area contributed by atoms with Crippen LogP contribution in [-0.4, -0.2) is 39.4 Å². The maximum Gasteiger partial charge on any atom is 0.257 e. The monoisotopic (exact) mass is 313 g/mol. The Morgan fingerprint density at radius 2 is 2.11 bits per heavy atom. The van der Waals surface area contributed by atoms with Crippen LogP contribution >= 0.6 is 15.9 Å². The molecule has 1 aromatic carbocycles. The van der Waals surface area contributed by atoms with Crippen LogP contribution < -0.4 is 0 Å². The highest BCUT2D eigenvalue weighted by Crippen LogP contribution is 2.34. The van der Waals surface area contributed by atoms with Crippen molar-refractivity contribution in [1.29, 1.82) is 0 Å². The first-order chi connectivity index (χ1) is 8.49. The Balaban J connectivity index is 2.04. The lowest BCUT2D eigenvalue weighted by molar-refractivity contribution is 0.0745. The second-order valence-electron chi connectivity index (χ2n) is 4.79. The fraction of sp³-hybridized carbons (Fsp3) is 0.462. The van der Waals surface area contributed by atoms with Gasteiger partial charge in [0.15, 0.2) is 11.5 Å². The number of hydrogen-bond donors (Lipinski definition) is 2. The molecule has 0 radical (unpaired) electrons. The smallest absolute Gasteiger partial charge is 0.257 e. The summed E-state index contributed by atoms with van der Waals surface area (Å²) < 4.78 is 0. The van der Waals surface area contributed by atoms with Crippen LogP contribution in [0.3, 0.4) is 0 Å². The van der Waals surface area contributed by atoms with Gasteiger partial charge in [-0.3, -0.25) is 4.79 Å². The van der Waals surface area contributed by atoms with Crippen molar-refractivity contribution in [2.24, 2.45) is 5.92 Å². The summed E-state index contributed by atoms with van der Waals surface area (Å²) in [6, 6.07) is 4.42. The minimum absolute atomic E-state index is 0.146. The standard InChI is InChI=1S/C13H16BrNO3/c1-15(7-8-5-9(14)6-8)13(18)10-3-2-4-11(16)12(10)17/h2-4,8-9,16-17H,5-7H2,1H3. The first-order valence-electron chi connectivity index (χ1n) is 5.89. The molecule has 4 nitrogen and oxygen atoms in total. The fourth-order valence-corrected chi connectivity index (χ4v) is 3.24. The van der Waals surface area contributed by atoms with Crippen LogP contribution in [0.15, 0.2) is 18.2 Å². The summed E-state index contributed by atoms with van der Waals surface area (Å²) in [5.41, 5.74) is 0.146. The highest BCUT2D eigenvalue weighted by Gasteiger charge is 2.29.